The summed E-state index contributed by atoms with van der Waals surface area (Å²) in [6.45, 7) is 6.29. The molecule has 0 spiro atoms. The van der Waals surface area contributed by atoms with E-state index in [4.69, 9.17) is 0 Å². The van der Waals surface area contributed by atoms with Gasteiger partial charge in [0.15, 0.2) is 0 Å². The zero-order valence-corrected chi connectivity index (χ0v) is 21.6. The standard InChI is InChI=1S/C23H23N3O4S.Na/c1-23(2,3)12-26-20-18(19(27)25(4)22(26)30)17(21(28)29)16(31-20)11-13-9-10-24-15-8-6-5-7-14(13)15;/h5-10H,11-12H2,1-4H3,(H,28,29);/q;+1/p-1. The van der Waals surface area contributed by atoms with Gasteiger partial charge in [-0.2, -0.15) is 0 Å². The number of carboxylic acid groups (broad SMARTS) is 1. The van der Waals surface area contributed by atoms with Crippen LogP contribution in [-0.2, 0) is 20.0 Å². The summed E-state index contributed by atoms with van der Waals surface area (Å²) >= 11 is 1.17. The van der Waals surface area contributed by atoms with E-state index in [2.05, 4.69) is 4.98 Å². The first-order valence-corrected chi connectivity index (χ1v) is 10.7. The van der Waals surface area contributed by atoms with Gasteiger partial charge >= 0.3 is 35.2 Å². The molecular formula is C23H22N3NaO4S. The van der Waals surface area contributed by atoms with Gasteiger partial charge in [-0.3, -0.25) is 18.9 Å². The first kappa shape index (κ1) is 24.4. The average Bonchev–Trinajstić information content (AvgIpc) is 3.08. The van der Waals surface area contributed by atoms with Crippen molar-refractivity contribution in [3.05, 3.63) is 73.4 Å². The number of nitrogens with zero attached hydrogens (tertiary/aromatic N) is 3. The number of rotatable bonds is 4. The van der Waals surface area contributed by atoms with E-state index in [1.54, 1.807) is 6.20 Å². The molecule has 0 fully saturated rings. The Bertz CT molecular complexity index is 1460. The van der Waals surface area contributed by atoms with Crippen LogP contribution in [0.5, 0.6) is 0 Å². The van der Waals surface area contributed by atoms with Crippen molar-refractivity contribution in [3.8, 4) is 0 Å². The van der Waals surface area contributed by atoms with Crippen LogP contribution in [0.25, 0.3) is 21.1 Å². The van der Waals surface area contributed by atoms with E-state index in [-0.39, 0.29) is 45.9 Å². The molecule has 0 amide bonds. The number of aromatic carboxylic acids is 1. The number of aromatic nitrogens is 3. The SMILES string of the molecule is Cn1c(=O)c2c(C(=O)[O-])c(Cc3ccnc4ccccc34)sc2n(CC(C)(C)C)c1=O.[Na+]. The Hall–Kier alpha value is -2.26. The molecule has 3 heterocycles. The molecule has 1 aromatic carbocycles. The molecule has 0 N–H and O–H groups in total. The van der Waals surface area contributed by atoms with Gasteiger partial charge in [0, 0.05) is 42.0 Å². The van der Waals surface area contributed by atoms with E-state index < -0.39 is 17.2 Å². The molecule has 0 aliphatic carbocycles. The van der Waals surface area contributed by atoms with Crippen LogP contribution >= 0.6 is 11.3 Å². The summed E-state index contributed by atoms with van der Waals surface area (Å²) in [6, 6.07) is 9.44. The van der Waals surface area contributed by atoms with Gasteiger partial charge in [0.05, 0.1) is 16.9 Å². The van der Waals surface area contributed by atoms with Gasteiger partial charge in [-0.1, -0.05) is 39.0 Å². The summed E-state index contributed by atoms with van der Waals surface area (Å²) in [7, 11) is 1.37. The molecule has 0 bridgehead atoms. The van der Waals surface area contributed by atoms with Crippen LogP contribution in [0.4, 0.5) is 0 Å². The van der Waals surface area contributed by atoms with Crippen molar-refractivity contribution in [2.75, 3.05) is 0 Å². The van der Waals surface area contributed by atoms with E-state index in [0.29, 0.717) is 22.7 Å². The Balaban J connectivity index is 0.00000289. The number of fused-ring (bicyclic) bond motifs is 2. The van der Waals surface area contributed by atoms with Crippen molar-refractivity contribution in [2.45, 2.75) is 33.7 Å². The van der Waals surface area contributed by atoms with Crippen LogP contribution < -0.4 is 45.9 Å². The topological polar surface area (TPSA) is 97.0 Å². The van der Waals surface area contributed by atoms with Crippen LogP contribution in [-0.4, -0.2) is 20.1 Å². The monoisotopic (exact) mass is 459 g/mol. The van der Waals surface area contributed by atoms with E-state index in [1.165, 1.54) is 23.0 Å². The Morgan fingerprint density at radius 2 is 1.84 bits per heavy atom. The number of carbonyl (C=O) groups excluding carboxylic acids is 1. The van der Waals surface area contributed by atoms with Gasteiger partial charge in [0.1, 0.15) is 4.83 Å². The molecule has 9 heteroatoms. The van der Waals surface area contributed by atoms with Gasteiger partial charge in [-0.15, -0.1) is 11.3 Å². The van der Waals surface area contributed by atoms with Gasteiger partial charge < -0.3 is 9.90 Å². The molecule has 4 rings (SSSR count). The fourth-order valence-corrected chi connectivity index (χ4v) is 5.11. The van der Waals surface area contributed by atoms with Crippen molar-refractivity contribution in [2.24, 2.45) is 12.5 Å². The second-order valence-corrected chi connectivity index (χ2v) is 9.91. The third-order valence-corrected chi connectivity index (χ3v) is 6.38. The second-order valence-electron chi connectivity index (χ2n) is 8.83. The largest absolute Gasteiger partial charge is 1.00 e. The third-order valence-electron chi connectivity index (χ3n) is 5.17. The summed E-state index contributed by atoms with van der Waals surface area (Å²) in [6.07, 6.45) is 1.97. The molecule has 0 aliphatic heterocycles. The van der Waals surface area contributed by atoms with Crippen molar-refractivity contribution >= 4 is 38.4 Å². The van der Waals surface area contributed by atoms with Gasteiger partial charge in [-0.05, 0) is 23.1 Å². The number of benzene rings is 1. The molecule has 0 atom stereocenters. The summed E-state index contributed by atoms with van der Waals surface area (Å²) in [5.41, 5.74) is 0.231. The van der Waals surface area contributed by atoms with Gasteiger partial charge in [0.25, 0.3) is 5.56 Å². The maximum atomic E-state index is 12.9. The van der Waals surface area contributed by atoms with Crippen molar-refractivity contribution in [1.29, 1.82) is 0 Å². The third kappa shape index (κ3) is 4.32. The summed E-state index contributed by atoms with van der Waals surface area (Å²) in [4.78, 5) is 43.1. The van der Waals surface area contributed by atoms with Gasteiger partial charge in [-0.25, -0.2) is 4.79 Å². The van der Waals surface area contributed by atoms with Crippen molar-refractivity contribution < 1.29 is 39.5 Å². The predicted octanol–water partition coefficient (Wildman–Crippen LogP) is -0.686. The molecule has 0 aliphatic rings. The fourth-order valence-electron chi connectivity index (χ4n) is 3.81. The van der Waals surface area contributed by atoms with Crippen molar-refractivity contribution in [3.63, 3.8) is 0 Å². The number of pyridine rings is 1. The smallest absolute Gasteiger partial charge is 0.545 e. The minimum Gasteiger partial charge on any atom is -0.545 e. The number of carbonyl (C=O) groups is 1. The Morgan fingerprint density at radius 3 is 2.50 bits per heavy atom. The maximum absolute atomic E-state index is 12.9. The van der Waals surface area contributed by atoms with E-state index >= 15 is 0 Å². The zero-order chi connectivity index (χ0) is 22.5. The predicted molar refractivity (Wildman–Crippen MR) is 120 cm³/mol. The molecule has 7 nitrogen and oxygen atoms in total. The maximum Gasteiger partial charge on any atom is 1.00 e. The Morgan fingerprint density at radius 1 is 1.16 bits per heavy atom. The number of hydrogen-bond donors (Lipinski definition) is 0. The van der Waals surface area contributed by atoms with Crippen LogP contribution in [0, 0.1) is 5.41 Å². The van der Waals surface area contributed by atoms with Crippen LogP contribution in [0.1, 0.15) is 41.6 Å². The second kappa shape index (κ2) is 8.94. The molecule has 0 radical (unpaired) electrons. The van der Waals surface area contributed by atoms with Crippen molar-refractivity contribution in [1.82, 2.24) is 14.1 Å². The normalized spacial score (nSPS) is 11.6. The minimum atomic E-state index is -1.42. The molecule has 0 unspecified atom stereocenters. The van der Waals surface area contributed by atoms with E-state index in [1.807, 2.05) is 51.1 Å². The zero-order valence-electron chi connectivity index (χ0n) is 18.8. The van der Waals surface area contributed by atoms with Crippen LogP contribution in [0.15, 0.2) is 46.1 Å². The molecule has 160 valence electrons. The Kier molecular flexibility index (Phi) is 6.81. The molecule has 4 aromatic rings. The number of thiophene rings is 1. The van der Waals surface area contributed by atoms with Crippen LogP contribution in [0.3, 0.4) is 0 Å². The quantitative estimate of drug-likeness (QED) is 0.377. The Labute approximate surface area is 210 Å². The average molecular weight is 460 g/mol. The molecule has 3 aromatic heterocycles. The molecular weight excluding hydrogens is 437 g/mol. The van der Waals surface area contributed by atoms with Crippen LogP contribution in [0.2, 0.25) is 0 Å². The number of para-hydroxylation sites is 1. The first-order chi connectivity index (χ1) is 14.6. The molecule has 32 heavy (non-hydrogen) atoms. The first-order valence-electron chi connectivity index (χ1n) is 9.87. The van der Waals surface area contributed by atoms with E-state index in [9.17, 15) is 19.5 Å². The summed E-state index contributed by atoms with van der Waals surface area (Å²) in [5.74, 6) is -1.42. The van der Waals surface area contributed by atoms with E-state index in [0.717, 1.165) is 21.0 Å². The molecule has 0 saturated heterocycles. The number of carboxylic acids is 1. The van der Waals surface area contributed by atoms with Gasteiger partial charge in [0.2, 0.25) is 0 Å². The minimum absolute atomic E-state index is 0. The fraction of sp³-hybridized carbons (Fsp3) is 0.304. The molecule has 0 saturated carbocycles. The summed E-state index contributed by atoms with van der Waals surface area (Å²) in [5, 5.41) is 13.1. The summed E-state index contributed by atoms with van der Waals surface area (Å²) < 4.78 is 2.47. The number of hydrogen-bond acceptors (Lipinski definition) is 6.